The van der Waals surface area contributed by atoms with Crippen LogP contribution in [-0.2, 0) is 14.3 Å². The number of hydrogen-bond donors (Lipinski definition) is 0. The third-order valence-corrected chi connectivity index (χ3v) is 4.17. The number of ether oxygens (including phenoxy) is 2. The van der Waals surface area contributed by atoms with E-state index < -0.39 is 0 Å². The first-order valence-corrected chi connectivity index (χ1v) is 7.88. The van der Waals surface area contributed by atoms with E-state index in [2.05, 4.69) is 13.8 Å². The van der Waals surface area contributed by atoms with Crippen LogP contribution < -0.4 is 0 Å². The van der Waals surface area contributed by atoms with Gasteiger partial charge in [-0.05, 0) is 58.3 Å². The summed E-state index contributed by atoms with van der Waals surface area (Å²) in [7, 11) is 0. The maximum absolute atomic E-state index is 11.6. The fraction of sp³-hybridized carbons (Fsp3) is 0.938. The molecule has 3 heteroatoms. The van der Waals surface area contributed by atoms with E-state index in [0.717, 1.165) is 25.7 Å². The zero-order valence-electron chi connectivity index (χ0n) is 13.0. The Kier molecular flexibility index (Phi) is 7.44. The average molecular weight is 270 g/mol. The van der Waals surface area contributed by atoms with Gasteiger partial charge in [0.1, 0.15) is 0 Å². The molecule has 112 valence electrons. The molecular formula is C16H30O3. The predicted molar refractivity (Wildman–Crippen MR) is 77.0 cm³/mol. The fourth-order valence-corrected chi connectivity index (χ4v) is 2.81. The molecule has 0 aliphatic heterocycles. The molecule has 0 aromatic heterocycles. The van der Waals surface area contributed by atoms with Crippen molar-refractivity contribution in [2.24, 2.45) is 11.8 Å². The Morgan fingerprint density at radius 3 is 2.32 bits per heavy atom. The molecule has 2 unspecified atom stereocenters. The summed E-state index contributed by atoms with van der Waals surface area (Å²) in [6, 6.07) is 0. The molecule has 1 rings (SSSR count). The van der Waals surface area contributed by atoms with Gasteiger partial charge in [-0.1, -0.05) is 13.8 Å². The van der Waals surface area contributed by atoms with Gasteiger partial charge < -0.3 is 9.47 Å². The molecule has 0 radical (unpaired) electrons. The van der Waals surface area contributed by atoms with Crippen LogP contribution in [-0.4, -0.2) is 24.8 Å². The normalized spacial score (nSPS) is 26.7. The van der Waals surface area contributed by atoms with Gasteiger partial charge in [-0.25, -0.2) is 0 Å². The van der Waals surface area contributed by atoms with Crippen LogP contribution in [0.3, 0.4) is 0 Å². The van der Waals surface area contributed by atoms with E-state index in [1.807, 2.05) is 13.8 Å². The molecule has 0 spiro atoms. The van der Waals surface area contributed by atoms with Crippen LogP contribution in [0.5, 0.6) is 0 Å². The van der Waals surface area contributed by atoms with Crippen molar-refractivity contribution in [2.75, 3.05) is 6.61 Å². The summed E-state index contributed by atoms with van der Waals surface area (Å²) < 4.78 is 11.1. The smallest absolute Gasteiger partial charge is 0.308 e. The Morgan fingerprint density at radius 1 is 1.16 bits per heavy atom. The highest BCUT2D eigenvalue weighted by molar-refractivity contribution is 5.71. The highest BCUT2D eigenvalue weighted by Gasteiger charge is 2.26. The molecule has 0 bridgehead atoms. The molecule has 0 amide bonds. The average Bonchev–Trinajstić information content (AvgIpc) is 2.41. The lowest BCUT2D eigenvalue weighted by Crippen LogP contribution is -2.27. The Labute approximate surface area is 118 Å². The second-order valence-electron chi connectivity index (χ2n) is 5.89. The van der Waals surface area contributed by atoms with Gasteiger partial charge in [-0.2, -0.15) is 0 Å². The zero-order chi connectivity index (χ0) is 14.3. The van der Waals surface area contributed by atoms with Crippen LogP contribution in [0.4, 0.5) is 0 Å². The minimum atomic E-state index is -0.0412. The molecule has 1 aliphatic carbocycles. The van der Waals surface area contributed by atoms with Crippen LogP contribution in [0.15, 0.2) is 0 Å². The number of rotatable bonds is 7. The van der Waals surface area contributed by atoms with Gasteiger partial charge >= 0.3 is 5.97 Å². The molecule has 1 saturated carbocycles. The molecule has 0 saturated heterocycles. The molecule has 3 nitrogen and oxygen atoms in total. The first-order valence-electron chi connectivity index (χ1n) is 7.88. The van der Waals surface area contributed by atoms with Crippen molar-refractivity contribution in [2.45, 2.75) is 78.4 Å². The largest absolute Gasteiger partial charge is 0.466 e. The molecule has 0 heterocycles. The molecule has 1 fully saturated rings. The Morgan fingerprint density at radius 2 is 1.79 bits per heavy atom. The maximum Gasteiger partial charge on any atom is 0.308 e. The van der Waals surface area contributed by atoms with Crippen LogP contribution >= 0.6 is 0 Å². The third kappa shape index (κ3) is 5.94. The first-order chi connectivity index (χ1) is 9.06. The number of hydrogen-bond acceptors (Lipinski definition) is 3. The van der Waals surface area contributed by atoms with E-state index in [0.29, 0.717) is 24.7 Å². The second kappa shape index (κ2) is 8.57. The monoisotopic (exact) mass is 270 g/mol. The predicted octanol–water partition coefficient (Wildman–Crippen LogP) is 3.95. The topological polar surface area (TPSA) is 35.5 Å². The van der Waals surface area contributed by atoms with Crippen LogP contribution in [0, 0.1) is 11.8 Å². The minimum absolute atomic E-state index is 0.0389. The van der Waals surface area contributed by atoms with Crippen molar-refractivity contribution in [1.29, 1.82) is 0 Å². The summed E-state index contributed by atoms with van der Waals surface area (Å²) in [5.74, 6) is 0.661. The summed E-state index contributed by atoms with van der Waals surface area (Å²) in [5.41, 5.74) is 0. The molecule has 2 atom stereocenters. The molecule has 0 aromatic rings. The second-order valence-corrected chi connectivity index (χ2v) is 5.89. The minimum Gasteiger partial charge on any atom is -0.466 e. The van der Waals surface area contributed by atoms with Crippen LogP contribution in [0.25, 0.3) is 0 Å². The Hall–Kier alpha value is -0.570. The van der Waals surface area contributed by atoms with Gasteiger partial charge in [-0.15, -0.1) is 0 Å². The highest BCUT2D eigenvalue weighted by Crippen LogP contribution is 2.31. The van der Waals surface area contributed by atoms with Gasteiger partial charge in [0.15, 0.2) is 0 Å². The van der Waals surface area contributed by atoms with Gasteiger partial charge in [-0.3, -0.25) is 4.79 Å². The molecule has 0 aromatic carbocycles. The van der Waals surface area contributed by atoms with Crippen LogP contribution in [0.1, 0.15) is 66.2 Å². The van der Waals surface area contributed by atoms with Crippen molar-refractivity contribution >= 4 is 5.97 Å². The van der Waals surface area contributed by atoms with Crippen molar-refractivity contribution < 1.29 is 14.3 Å². The van der Waals surface area contributed by atoms with E-state index in [1.54, 1.807) is 0 Å². The van der Waals surface area contributed by atoms with E-state index in [4.69, 9.17) is 9.47 Å². The lowest BCUT2D eigenvalue weighted by molar-refractivity contribution is -0.148. The summed E-state index contributed by atoms with van der Waals surface area (Å²) in [4.78, 5) is 11.6. The van der Waals surface area contributed by atoms with E-state index >= 15 is 0 Å². The molecule has 0 N–H and O–H groups in total. The lowest BCUT2D eigenvalue weighted by Gasteiger charge is -2.31. The van der Waals surface area contributed by atoms with Crippen molar-refractivity contribution in [3.05, 3.63) is 0 Å². The quantitative estimate of drug-likeness (QED) is 0.657. The molecule has 1 aliphatic rings. The van der Waals surface area contributed by atoms with Crippen molar-refractivity contribution in [1.82, 2.24) is 0 Å². The van der Waals surface area contributed by atoms with Gasteiger partial charge in [0.2, 0.25) is 0 Å². The SMILES string of the molecule is CCOC(=O)C(C)CC1CCC(OC(C)CC)CC1. The lowest BCUT2D eigenvalue weighted by atomic mass is 9.82. The van der Waals surface area contributed by atoms with Gasteiger partial charge in [0.05, 0.1) is 24.7 Å². The third-order valence-electron chi connectivity index (χ3n) is 4.17. The molecular weight excluding hydrogens is 240 g/mol. The van der Waals surface area contributed by atoms with E-state index in [-0.39, 0.29) is 11.9 Å². The molecule has 19 heavy (non-hydrogen) atoms. The zero-order valence-corrected chi connectivity index (χ0v) is 13.0. The summed E-state index contributed by atoms with van der Waals surface area (Å²) in [6.45, 7) is 8.65. The van der Waals surface area contributed by atoms with E-state index in [1.165, 1.54) is 12.8 Å². The number of carbonyl (C=O) groups is 1. The fourth-order valence-electron chi connectivity index (χ4n) is 2.81. The van der Waals surface area contributed by atoms with E-state index in [9.17, 15) is 4.79 Å². The summed E-state index contributed by atoms with van der Waals surface area (Å²) in [6.07, 6.45) is 7.52. The van der Waals surface area contributed by atoms with Crippen molar-refractivity contribution in [3.8, 4) is 0 Å². The van der Waals surface area contributed by atoms with Gasteiger partial charge in [0.25, 0.3) is 0 Å². The summed E-state index contributed by atoms with van der Waals surface area (Å²) in [5, 5.41) is 0. The van der Waals surface area contributed by atoms with Crippen molar-refractivity contribution in [3.63, 3.8) is 0 Å². The number of esters is 1. The Balaban J connectivity index is 2.24. The van der Waals surface area contributed by atoms with Crippen LogP contribution in [0.2, 0.25) is 0 Å². The standard InChI is InChI=1S/C16H30O3/c1-5-13(4)19-15-9-7-14(8-10-15)11-12(3)16(17)18-6-2/h12-15H,5-11H2,1-4H3. The highest BCUT2D eigenvalue weighted by atomic mass is 16.5. The Bertz CT molecular complexity index is 257. The first kappa shape index (κ1) is 16.5. The van der Waals surface area contributed by atoms with Gasteiger partial charge in [0, 0.05) is 0 Å². The number of carbonyl (C=O) groups excluding carboxylic acids is 1. The summed E-state index contributed by atoms with van der Waals surface area (Å²) >= 11 is 0. The maximum atomic E-state index is 11.6.